The maximum Gasteiger partial charge on any atom is 1.00 e. The number of carbonyl (C=O) groups is 1. The summed E-state index contributed by atoms with van der Waals surface area (Å²) in [5.41, 5.74) is 0. The summed E-state index contributed by atoms with van der Waals surface area (Å²) >= 11 is 0. The Morgan fingerprint density at radius 3 is 2.56 bits per heavy atom. The van der Waals surface area contributed by atoms with E-state index in [0.717, 1.165) is 0 Å². The van der Waals surface area contributed by atoms with Crippen LogP contribution in [0.5, 0.6) is 0 Å². The molecule has 0 aromatic heterocycles. The fraction of sp³-hybridized carbons (Fsp3) is 0.750. The minimum Gasteiger partial charge on any atom is -0.547 e. The number of rotatable bonds is 1. The van der Waals surface area contributed by atoms with Crippen LogP contribution >= 0.6 is 0 Å². The second kappa shape index (κ2) is 4.78. The second-order valence-corrected chi connectivity index (χ2v) is 1.46. The van der Waals surface area contributed by atoms with Gasteiger partial charge in [-0.2, -0.15) is 0 Å². The van der Waals surface area contributed by atoms with Crippen LogP contribution in [-0.4, -0.2) is 25.5 Å². The number of carboxylic acids is 1. The van der Waals surface area contributed by atoms with Crippen LogP contribution in [0.2, 0.25) is 0 Å². The van der Waals surface area contributed by atoms with Crippen molar-refractivity contribution in [3.8, 4) is 0 Å². The molecule has 1 heterocycles. The molecular formula is C4H5KO4. The van der Waals surface area contributed by atoms with Crippen LogP contribution in [0.1, 0.15) is 0 Å². The van der Waals surface area contributed by atoms with Gasteiger partial charge in [-0.05, 0) is 0 Å². The first kappa shape index (κ1) is 10.0. The monoisotopic (exact) mass is 156 g/mol. The van der Waals surface area contributed by atoms with Crippen molar-refractivity contribution in [3.63, 3.8) is 0 Å². The molecule has 0 bridgehead atoms. The molecular weight excluding hydrogens is 151 g/mol. The number of hydrogen-bond acceptors (Lipinski definition) is 4. The number of ether oxygens (including phenoxy) is 2. The zero-order valence-electron chi connectivity index (χ0n) is 5.12. The molecule has 0 N–H and O–H groups in total. The van der Waals surface area contributed by atoms with Gasteiger partial charge in [0.1, 0.15) is 12.9 Å². The molecule has 46 valence electrons. The molecule has 1 fully saturated rings. The molecule has 1 rings (SSSR count). The molecule has 9 heavy (non-hydrogen) atoms. The smallest absolute Gasteiger partial charge is 0.547 e. The fourth-order valence-electron chi connectivity index (χ4n) is 0.470. The van der Waals surface area contributed by atoms with Gasteiger partial charge in [0, 0.05) is 0 Å². The third-order valence-corrected chi connectivity index (χ3v) is 0.885. The molecule has 1 atom stereocenters. The Bertz CT molecular complexity index is 98.7. The quantitative estimate of drug-likeness (QED) is 0.357. The molecule has 0 saturated carbocycles. The molecule has 4 nitrogen and oxygen atoms in total. The predicted octanol–water partition coefficient (Wildman–Crippen LogP) is -4.89. The first-order chi connectivity index (χ1) is 3.80. The van der Waals surface area contributed by atoms with Gasteiger partial charge in [-0.1, -0.05) is 0 Å². The van der Waals surface area contributed by atoms with Gasteiger partial charge >= 0.3 is 51.4 Å². The summed E-state index contributed by atoms with van der Waals surface area (Å²) < 4.78 is 9.11. The van der Waals surface area contributed by atoms with E-state index in [0.29, 0.717) is 0 Å². The van der Waals surface area contributed by atoms with E-state index in [9.17, 15) is 9.90 Å². The van der Waals surface area contributed by atoms with Crippen molar-refractivity contribution < 1.29 is 70.8 Å². The van der Waals surface area contributed by atoms with Gasteiger partial charge in [-0.25, -0.2) is 0 Å². The van der Waals surface area contributed by atoms with Crippen LogP contribution in [0.3, 0.4) is 0 Å². The number of hydrogen-bond donors (Lipinski definition) is 0. The Hall–Kier alpha value is 1.03. The van der Waals surface area contributed by atoms with E-state index in [4.69, 9.17) is 0 Å². The molecule has 0 aromatic carbocycles. The van der Waals surface area contributed by atoms with Crippen LogP contribution in [0.4, 0.5) is 0 Å². The van der Waals surface area contributed by atoms with Crippen molar-refractivity contribution in [3.05, 3.63) is 0 Å². The Labute approximate surface area is 94.9 Å². The summed E-state index contributed by atoms with van der Waals surface area (Å²) in [5, 5.41) is 9.89. The van der Waals surface area contributed by atoms with E-state index in [2.05, 4.69) is 9.47 Å². The van der Waals surface area contributed by atoms with Crippen LogP contribution in [0.15, 0.2) is 0 Å². The molecule has 0 aromatic rings. The van der Waals surface area contributed by atoms with Gasteiger partial charge in [-0.15, -0.1) is 0 Å². The van der Waals surface area contributed by atoms with E-state index < -0.39 is 12.1 Å². The van der Waals surface area contributed by atoms with Crippen molar-refractivity contribution >= 4 is 5.97 Å². The first-order valence-corrected chi connectivity index (χ1v) is 2.21. The van der Waals surface area contributed by atoms with Crippen LogP contribution in [0.25, 0.3) is 0 Å². The van der Waals surface area contributed by atoms with Crippen molar-refractivity contribution in [2.45, 2.75) is 6.10 Å². The van der Waals surface area contributed by atoms with Gasteiger partial charge in [0.25, 0.3) is 0 Å². The van der Waals surface area contributed by atoms with E-state index in [1.165, 1.54) is 0 Å². The Kier molecular flexibility index (Phi) is 5.33. The van der Waals surface area contributed by atoms with Crippen molar-refractivity contribution in [2.75, 3.05) is 13.4 Å². The molecule has 0 spiro atoms. The van der Waals surface area contributed by atoms with Crippen LogP contribution in [-0.2, 0) is 14.3 Å². The standard InChI is InChI=1S/C4H6O4.K/c5-4(6)3-1-7-2-8-3;/h3H,1-2H2,(H,5,6);/q;+1/p-1. The molecule has 0 aliphatic carbocycles. The SMILES string of the molecule is O=C([O-])C1COCO1.[K+]. The number of carbonyl (C=O) groups excluding carboxylic acids is 1. The maximum atomic E-state index is 9.89. The van der Waals surface area contributed by atoms with E-state index in [-0.39, 0.29) is 64.8 Å². The minimum atomic E-state index is -1.21. The van der Waals surface area contributed by atoms with Crippen LogP contribution < -0.4 is 56.5 Å². The summed E-state index contributed by atoms with van der Waals surface area (Å²) in [6.45, 7) is 0.182. The molecule has 5 heteroatoms. The zero-order valence-corrected chi connectivity index (χ0v) is 8.25. The number of aliphatic carboxylic acids is 1. The van der Waals surface area contributed by atoms with Crippen molar-refractivity contribution in [1.82, 2.24) is 0 Å². The van der Waals surface area contributed by atoms with Gasteiger partial charge in [0.15, 0.2) is 0 Å². The normalized spacial score (nSPS) is 25.1. The summed E-state index contributed by atoms with van der Waals surface area (Å²) in [5.74, 6) is -1.21. The third kappa shape index (κ3) is 3.08. The topological polar surface area (TPSA) is 58.6 Å². The summed E-state index contributed by atoms with van der Waals surface area (Å²) in [6.07, 6.45) is -0.852. The largest absolute Gasteiger partial charge is 1.00 e. The average molecular weight is 156 g/mol. The molecule has 1 saturated heterocycles. The summed E-state index contributed by atoms with van der Waals surface area (Å²) in [6, 6.07) is 0. The van der Waals surface area contributed by atoms with Crippen molar-refractivity contribution in [1.29, 1.82) is 0 Å². The Morgan fingerprint density at radius 1 is 1.67 bits per heavy atom. The van der Waals surface area contributed by atoms with E-state index in [1.807, 2.05) is 0 Å². The van der Waals surface area contributed by atoms with E-state index in [1.54, 1.807) is 0 Å². The maximum absolute atomic E-state index is 9.89. The summed E-state index contributed by atoms with van der Waals surface area (Å²) in [7, 11) is 0. The average Bonchev–Trinajstić information content (AvgIpc) is 2.12. The third-order valence-electron chi connectivity index (χ3n) is 0.885. The first-order valence-electron chi connectivity index (χ1n) is 2.21. The Morgan fingerprint density at radius 2 is 2.33 bits per heavy atom. The van der Waals surface area contributed by atoms with Gasteiger partial charge < -0.3 is 19.4 Å². The molecule has 0 radical (unpaired) electrons. The number of carboxylic acid groups (broad SMARTS) is 1. The molecule has 0 amide bonds. The Balaban J connectivity index is 0.000000640. The summed E-state index contributed by atoms with van der Waals surface area (Å²) in [4.78, 5) is 9.89. The predicted molar refractivity (Wildman–Crippen MR) is 20.7 cm³/mol. The van der Waals surface area contributed by atoms with E-state index >= 15 is 0 Å². The minimum absolute atomic E-state index is 0. The molecule has 1 unspecified atom stereocenters. The molecule has 1 aliphatic heterocycles. The zero-order chi connectivity index (χ0) is 5.98. The second-order valence-electron chi connectivity index (χ2n) is 1.46. The van der Waals surface area contributed by atoms with Gasteiger partial charge in [-0.3, -0.25) is 0 Å². The van der Waals surface area contributed by atoms with Crippen LogP contribution in [0, 0.1) is 0 Å². The fourth-order valence-corrected chi connectivity index (χ4v) is 0.470. The molecule has 1 aliphatic rings. The van der Waals surface area contributed by atoms with Crippen molar-refractivity contribution in [2.24, 2.45) is 0 Å². The van der Waals surface area contributed by atoms with Gasteiger partial charge in [0.2, 0.25) is 0 Å². The van der Waals surface area contributed by atoms with Gasteiger partial charge in [0.05, 0.1) is 12.6 Å².